The fourth-order valence-corrected chi connectivity index (χ4v) is 4.79. The minimum atomic E-state index is -3.78. The van der Waals surface area contributed by atoms with Gasteiger partial charge in [0.2, 0.25) is 15.9 Å². The van der Waals surface area contributed by atoms with E-state index in [1.54, 1.807) is 31.3 Å². The maximum Gasteiger partial charge on any atom is 0.232 e. The minimum absolute atomic E-state index is 0.153. The summed E-state index contributed by atoms with van der Waals surface area (Å²) in [5, 5.41) is 3.19. The van der Waals surface area contributed by atoms with Crippen molar-refractivity contribution in [3.63, 3.8) is 0 Å². The number of pyridine rings is 1. The number of benzene rings is 2. The van der Waals surface area contributed by atoms with Crippen LogP contribution in [0.15, 0.2) is 55.0 Å². The fraction of sp³-hybridized carbons (Fsp3) is 0.269. The van der Waals surface area contributed by atoms with Crippen molar-refractivity contribution in [2.45, 2.75) is 13.3 Å². The van der Waals surface area contributed by atoms with Crippen LogP contribution in [0.2, 0.25) is 0 Å². The van der Waals surface area contributed by atoms with Crippen LogP contribution < -0.4 is 14.8 Å². The molecule has 4 aromatic rings. The molecule has 0 fully saturated rings. The Labute approximate surface area is 220 Å². The van der Waals surface area contributed by atoms with E-state index in [9.17, 15) is 12.8 Å². The van der Waals surface area contributed by atoms with Crippen molar-refractivity contribution in [3.8, 4) is 17.0 Å². The molecule has 4 rings (SSSR count). The van der Waals surface area contributed by atoms with Crippen molar-refractivity contribution in [1.82, 2.24) is 19.9 Å². The number of rotatable bonds is 11. The number of nitrogens with zero attached hydrogens (tertiary/aromatic N) is 4. The summed E-state index contributed by atoms with van der Waals surface area (Å²) >= 11 is 0. The number of hydrogen-bond acceptors (Lipinski definition) is 8. The molecule has 0 aliphatic carbocycles. The van der Waals surface area contributed by atoms with Gasteiger partial charge in [0, 0.05) is 29.8 Å². The summed E-state index contributed by atoms with van der Waals surface area (Å²) in [5.74, 6) is -1.52. The number of nitrogens with one attached hydrogen (secondary N) is 2. The average molecular weight is 543 g/mol. The molecule has 0 radical (unpaired) electrons. The lowest BCUT2D eigenvalue weighted by Gasteiger charge is -2.14. The highest BCUT2D eigenvalue weighted by atomic mass is 32.2. The number of anilines is 3. The molecule has 2 heterocycles. The maximum atomic E-state index is 15.2. The summed E-state index contributed by atoms with van der Waals surface area (Å²) in [4.78, 5) is 14.8. The van der Waals surface area contributed by atoms with Gasteiger partial charge in [-0.15, -0.1) is 0 Å². The molecule has 9 nitrogen and oxygen atoms in total. The number of ether oxygens (including phenoxy) is 1. The van der Waals surface area contributed by atoms with Crippen molar-refractivity contribution in [2.24, 2.45) is 0 Å². The van der Waals surface area contributed by atoms with E-state index >= 15 is 4.39 Å². The molecule has 200 valence electrons. The van der Waals surface area contributed by atoms with Crippen molar-refractivity contribution < 1.29 is 21.9 Å². The van der Waals surface area contributed by atoms with Crippen LogP contribution in [0, 0.1) is 11.6 Å². The summed E-state index contributed by atoms with van der Waals surface area (Å²) in [6, 6.07) is 11.1. The second-order valence-corrected chi connectivity index (χ2v) is 10.7. The normalized spacial score (nSPS) is 11.6. The first-order chi connectivity index (χ1) is 18.2. The summed E-state index contributed by atoms with van der Waals surface area (Å²) in [6.45, 7) is 2.96. The zero-order valence-electron chi connectivity index (χ0n) is 21.2. The molecular formula is C26H28F2N6O3S. The molecule has 0 bridgehead atoms. The van der Waals surface area contributed by atoms with Gasteiger partial charge in [0.05, 0.1) is 17.0 Å². The zero-order chi connectivity index (χ0) is 27.3. The van der Waals surface area contributed by atoms with Crippen LogP contribution in [-0.2, 0) is 10.0 Å². The van der Waals surface area contributed by atoms with Crippen molar-refractivity contribution in [2.75, 3.05) is 43.0 Å². The number of hydrogen-bond donors (Lipinski definition) is 2. The Kier molecular flexibility index (Phi) is 8.32. The molecule has 0 atom stereocenters. The lowest BCUT2D eigenvalue weighted by atomic mass is 10.1. The van der Waals surface area contributed by atoms with E-state index < -0.39 is 27.3 Å². The van der Waals surface area contributed by atoms with Gasteiger partial charge in [-0.1, -0.05) is 13.0 Å². The first-order valence-corrected chi connectivity index (χ1v) is 13.6. The number of fused-ring (bicyclic) bond motifs is 1. The Hall–Kier alpha value is -3.90. The molecule has 0 saturated heterocycles. The van der Waals surface area contributed by atoms with Crippen molar-refractivity contribution in [1.29, 1.82) is 0 Å². The predicted octanol–water partition coefficient (Wildman–Crippen LogP) is 4.81. The van der Waals surface area contributed by atoms with Gasteiger partial charge in [-0.2, -0.15) is 0 Å². The topological polar surface area (TPSA) is 109 Å². The van der Waals surface area contributed by atoms with Gasteiger partial charge in [0.15, 0.2) is 5.82 Å². The van der Waals surface area contributed by atoms with Crippen LogP contribution in [0.4, 0.5) is 26.0 Å². The van der Waals surface area contributed by atoms with Gasteiger partial charge in [0.25, 0.3) is 0 Å². The molecule has 2 aromatic heterocycles. The van der Waals surface area contributed by atoms with Crippen LogP contribution in [0.25, 0.3) is 22.0 Å². The first kappa shape index (κ1) is 27.1. The van der Waals surface area contributed by atoms with Crippen LogP contribution in [0.5, 0.6) is 5.88 Å². The SMILES string of the molecule is CCCS(=O)(=O)Nc1ccc(F)c(Nc2ncnc3ccc(-c4ccc(OCCN(C)C)nc4)cc23)c1F. The standard InChI is InChI=1S/C26H28F2N6O3S/c1-4-13-38(35,36)33-22-9-7-20(27)25(24(22)28)32-26-19-14-17(5-8-21(19)30-16-31-26)18-6-10-23(29-15-18)37-12-11-34(2)3/h5-10,14-16,33H,4,11-13H2,1-3H3,(H,30,31,32). The van der Waals surface area contributed by atoms with E-state index in [4.69, 9.17) is 4.74 Å². The first-order valence-electron chi connectivity index (χ1n) is 11.9. The van der Waals surface area contributed by atoms with Crippen LogP contribution in [0.1, 0.15) is 13.3 Å². The molecule has 0 aliphatic rings. The molecule has 38 heavy (non-hydrogen) atoms. The van der Waals surface area contributed by atoms with E-state index in [2.05, 4.69) is 25.0 Å². The van der Waals surface area contributed by atoms with Gasteiger partial charge in [0.1, 0.15) is 30.3 Å². The molecule has 2 N–H and O–H groups in total. The zero-order valence-corrected chi connectivity index (χ0v) is 22.0. The quantitative estimate of drug-likeness (QED) is 0.278. The molecule has 12 heteroatoms. The molecule has 0 spiro atoms. The Balaban J connectivity index is 1.63. The monoisotopic (exact) mass is 542 g/mol. The van der Waals surface area contributed by atoms with E-state index in [1.807, 2.05) is 31.1 Å². The van der Waals surface area contributed by atoms with E-state index in [0.717, 1.165) is 29.8 Å². The highest BCUT2D eigenvalue weighted by Gasteiger charge is 2.19. The van der Waals surface area contributed by atoms with Gasteiger partial charge in [-0.3, -0.25) is 4.72 Å². The molecular weight excluding hydrogens is 514 g/mol. The van der Waals surface area contributed by atoms with E-state index in [-0.39, 0.29) is 17.3 Å². The molecule has 0 unspecified atom stereocenters. The number of likely N-dealkylation sites (N-methyl/N-ethyl adjacent to an activating group) is 1. The number of aromatic nitrogens is 3. The summed E-state index contributed by atoms with van der Waals surface area (Å²) in [6.07, 6.45) is 3.30. The second kappa shape index (κ2) is 11.7. The van der Waals surface area contributed by atoms with Crippen LogP contribution >= 0.6 is 0 Å². The predicted molar refractivity (Wildman–Crippen MR) is 144 cm³/mol. The van der Waals surface area contributed by atoms with Gasteiger partial charge in [-0.25, -0.2) is 32.2 Å². The highest BCUT2D eigenvalue weighted by Crippen LogP contribution is 2.32. The second-order valence-electron chi connectivity index (χ2n) is 8.82. The third-order valence-electron chi connectivity index (χ3n) is 5.57. The molecule has 0 saturated carbocycles. The molecule has 0 aliphatic heterocycles. The van der Waals surface area contributed by atoms with Gasteiger partial charge < -0.3 is 15.0 Å². The van der Waals surface area contributed by atoms with Crippen molar-refractivity contribution in [3.05, 3.63) is 66.6 Å². The third-order valence-corrected chi connectivity index (χ3v) is 7.04. The van der Waals surface area contributed by atoms with Crippen molar-refractivity contribution >= 4 is 38.1 Å². The minimum Gasteiger partial charge on any atom is -0.476 e. The van der Waals surface area contributed by atoms with Gasteiger partial charge in [-0.05, 0) is 56.4 Å². The van der Waals surface area contributed by atoms with Crippen LogP contribution in [-0.4, -0.2) is 61.3 Å². The van der Waals surface area contributed by atoms with Gasteiger partial charge >= 0.3 is 0 Å². The smallest absolute Gasteiger partial charge is 0.232 e. The average Bonchev–Trinajstić information content (AvgIpc) is 2.88. The summed E-state index contributed by atoms with van der Waals surface area (Å²) < 4.78 is 61.9. The van der Waals surface area contributed by atoms with E-state index in [0.29, 0.717) is 29.8 Å². The number of halogens is 2. The highest BCUT2D eigenvalue weighted by molar-refractivity contribution is 7.92. The maximum absolute atomic E-state index is 15.2. The summed E-state index contributed by atoms with van der Waals surface area (Å²) in [5.41, 5.74) is 1.23. The lowest BCUT2D eigenvalue weighted by molar-refractivity contribution is 0.254. The molecule has 0 amide bonds. The number of sulfonamides is 1. The Morgan fingerprint density at radius 1 is 1.00 bits per heavy atom. The lowest BCUT2D eigenvalue weighted by Crippen LogP contribution is -2.19. The van der Waals surface area contributed by atoms with E-state index in [1.165, 1.54) is 6.33 Å². The largest absolute Gasteiger partial charge is 0.476 e. The summed E-state index contributed by atoms with van der Waals surface area (Å²) in [7, 11) is 0.143. The Bertz CT molecular complexity index is 1530. The Morgan fingerprint density at radius 3 is 2.50 bits per heavy atom. The molecule has 2 aromatic carbocycles. The fourth-order valence-electron chi connectivity index (χ4n) is 3.66. The van der Waals surface area contributed by atoms with Crippen LogP contribution in [0.3, 0.4) is 0 Å². The Morgan fingerprint density at radius 2 is 1.79 bits per heavy atom. The third kappa shape index (κ3) is 6.50.